The molecular weight excluding hydrogens is 194 g/mol. The van der Waals surface area contributed by atoms with Crippen molar-refractivity contribution in [3.63, 3.8) is 0 Å². The Hall–Kier alpha value is -2.02. The van der Waals surface area contributed by atoms with Gasteiger partial charge in [-0.3, -0.25) is 4.79 Å². The number of aromatic hydroxyl groups is 1. The Morgan fingerprint density at radius 1 is 1.53 bits per heavy atom. The first-order valence-electron chi connectivity index (χ1n) is 4.55. The summed E-state index contributed by atoms with van der Waals surface area (Å²) in [6.07, 6.45) is 0.367. The molecule has 0 amide bonds. The first-order chi connectivity index (χ1) is 7.10. The van der Waals surface area contributed by atoms with E-state index in [4.69, 9.17) is 10.4 Å². The van der Waals surface area contributed by atoms with Crippen molar-refractivity contribution in [2.75, 3.05) is 0 Å². The number of benzene rings is 1. The minimum absolute atomic E-state index is 0.114. The zero-order valence-electron chi connectivity index (χ0n) is 8.32. The molecule has 15 heavy (non-hydrogen) atoms. The van der Waals surface area contributed by atoms with Crippen molar-refractivity contribution in [2.45, 2.75) is 19.8 Å². The molecule has 0 spiro atoms. The van der Waals surface area contributed by atoms with E-state index in [1.807, 2.05) is 13.0 Å². The smallest absolute Gasteiger partial charge is 0.307 e. The highest BCUT2D eigenvalue weighted by Gasteiger charge is 2.14. The summed E-state index contributed by atoms with van der Waals surface area (Å²) >= 11 is 0. The number of rotatable bonds is 3. The summed E-state index contributed by atoms with van der Waals surface area (Å²) in [5.74, 6) is -1.23. The third kappa shape index (κ3) is 2.26. The molecular formula is C11H11NO3. The van der Waals surface area contributed by atoms with Crippen LogP contribution in [-0.2, 0) is 17.6 Å². The van der Waals surface area contributed by atoms with Crippen molar-refractivity contribution in [1.29, 1.82) is 5.26 Å². The molecule has 0 aliphatic carbocycles. The second kappa shape index (κ2) is 4.47. The zero-order chi connectivity index (χ0) is 11.4. The monoisotopic (exact) mass is 205 g/mol. The van der Waals surface area contributed by atoms with Crippen LogP contribution in [0, 0.1) is 11.3 Å². The summed E-state index contributed by atoms with van der Waals surface area (Å²) in [5.41, 5.74) is 1.21. The van der Waals surface area contributed by atoms with Crippen LogP contribution in [0.2, 0.25) is 0 Å². The number of nitrogens with zero attached hydrogens (tertiary/aromatic N) is 1. The van der Waals surface area contributed by atoms with Crippen LogP contribution in [0.3, 0.4) is 0 Å². The van der Waals surface area contributed by atoms with Crippen LogP contribution in [0.15, 0.2) is 12.1 Å². The van der Waals surface area contributed by atoms with Gasteiger partial charge in [0.1, 0.15) is 11.8 Å². The maximum Gasteiger partial charge on any atom is 0.307 e. The van der Waals surface area contributed by atoms with E-state index < -0.39 is 5.97 Å². The fraction of sp³-hybridized carbons (Fsp3) is 0.273. The van der Waals surface area contributed by atoms with Gasteiger partial charge in [-0.25, -0.2) is 0 Å². The van der Waals surface area contributed by atoms with E-state index in [-0.39, 0.29) is 17.7 Å². The number of hydrogen-bond donors (Lipinski definition) is 2. The van der Waals surface area contributed by atoms with Crippen molar-refractivity contribution in [3.05, 3.63) is 28.8 Å². The molecule has 0 heterocycles. The average Bonchev–Trinajstić information content (AvgIpc) is 2.20. The normalized spacial score (nSPS) is 9.60. The number of aliphatic carboxylic acids is 1. The van der Waals surface area contributed by atoms with Crippen LogP contribution in [0.1, 0.15) is 23.6 Å². The summed E-state index contributed by atoms with van der Waals surface area (Å²) < 4.78 is 0. The van der Waals surface area contributed by atoms with Gasteiger partial charge in [0.25, 0.3) is 0 Å². The van der Waals surface area contributed by atoms with E-state index in [2.05, 4.69) is 0 Å². The van der Waals surface area contributed by atoms with Gasteiger partial charge in [-0.15, -0.1) is 0 Å². The predicted molar refractivity (Wildman–Crippen MR) is 53.5 cm³/mol. The topological polar surface area (TPSA) is 81.3 Å². The molecule has 0 bridgehead atoms. The highest BCUT2D eigenvalue weighted by molar-refractivity contribution is 5.73. The molecule has 2 N–H and O–H groups in total. The molecule has 1 aromatic rings. The molecule has 0 atom stereocenters. The number of carboxylic acid groups (broad SMARTS) is 1. The van der Waals surface area contributed by atoms with Gasteiger partial charge in [0.05, 0.1) is 12.0 Å². The summed E-state index contributed by atoms with van der Waals surface area (Å²) in [6, 6.07) is 4.99. The number of carbonyl (C=O) groups is 1. The molecule has 4 heteroatoms. The molecule has 1 aromatic carbocycles. The quantitative estimate of drug-likeness (QED) is 0.782. The first kappa shape index (κ1) is 11.1. The lowest BCUT2D eigenvalue weighted by Gasteiger charge is -2.08. The van der Waals surface area contributed by atoms with Crippen molar-refractivity contribution in [3.8, 4) is 11.8 Å². The Kier molecular flexibility index (Phi) is 3.29. The van der Waals surface area contributed by atoms with E-state index in [1.54, 1.807) is 6.07 Å². The van der Waals surface area contributed by atoms with Gasteiger partial charge in [0.15, 0.2) is 0 Å². The van der Waals surface area contributed by atoms with Crippen molar-refractivity contribution in [2.24, 2.45) is 0 Å². The van der Waals surface area contributed by atoms with Crippen LogP contribution in [0.25, 0.3) is 0 Å². The Morgan fingerprint density at radius 2 is 2.20 bits per heavy atom. The van der Waals surface area contributed by atoms with Crippen LogP contribution in [0.4, 0.5) is 0 Å². The van der Waals surface area contributed by atoms with Crippen molar-refractivity contribution in [1.82, 2.24) is 0 Å². The molecule has 0 aliphatic heterocycles. The lowest BCUT2D eigenvalue weighted by atomic mass is 9.98. The maximum absolute atomic E-state index is 10.6. The molecule has 0 fully saturated rings. The number of phenols is 1. The second-order valence-corrected chi connectivity index (χ2v) is 3.14. The Labute approximate surface area is 87.4 Å². The van der Waals surface area contributed by atoms with E-state index >= 15 is 0 Å². The molecule has 1 rings (SSSR count). The van der Waals surface area contributed by atoms with Crippen LogP contribution >= 0.6 is 0 Å². The SMILES string of the molecule is CCc1ccc(C#N)c(O)c1CC(=O)O. The third-order valence-electron chi connectivity index (χ3n) is 2.21. The predicted octanol–water partition coefficient (Wildman–Crippen LogP) is 1.45. The Balaban J connectivity index is 3.30. The molecule has 0 aliphatic rings. The van der Waals surface area contributed by atoms with Gasteiger partial charge in [-0.05, 0) is 18.1 Å². The van der Waals surface area contributed by atoms with Gasteiger partial charge in [0, 0.05) is 5.56 Å². The molecule has 78 valence electrons. The first-order valence-corrected chi connectivity index (χ1v) is 4.55. The zero-order valence-corrected chi connectivity index (χ0v) is 8.32. The Morgan fingerprint density at radius 3 is 2.67 bits per heavy atom. The number of hydrogen-bond acceptors (Lipinski definition) is 3. The van der Waals surface area contributed by atoms with Gasteiger partial charge < -0.3 is 10.2 Å². The minimum Gasteiger partial charge on any atom is -0.506 e. The van der Waals surface area contributed by atoms with Crippen molar-refractivity contribution >= 4 is 5.97 Å². The molecule has 0 saturated heterocycles. The summed E-state index contributed by atoms with van der Waals surface area (Å²) in [4.78, 5) is 10.6. The van der Waals surface area contributed by atoms with Crippen molar-refractivity contribution < 1.29 is 15.0 Å². The fourth-order valence-electron chi connectivity index (χ4n) is 1.45. The highest BCUT2D eigenvalue weighted by Crippen LogP contribution is 2.26. The van der Waals surface area contributed by atoms with E-state index in [1.165, 1.54) is 6.07 Å². The van der Waals surface area contributed by atoms with E-state index in [0.717, 1.165) is 5.56 Å². The lowest BCUT2D eigenvalue weighted by Crippen LogP contribution is -2.04. The molecule has 0 aromatic heterocycles. The molecule has 4 nitrogen and oxygen atoms in total. The number of phenolic OH excluding ortho intramolecular Hbond substituents is 1. The van der Waals surface area contributed by atoms with Gasteiger partial charge in [0.2, 0.25) is 0 Å². The molecule has 0 saturated carbocycles. The second-order valence-electron chi connectivity index (χ2n) is 3.14. The fourth-order valence-corrected chi connectivity index (χ4v) is 1.45. The third-order valence-corrected chi connectivity index (χ3v) is 2.21. The minimum atomic E-state index is -1.02. The largest absolute Gasteiger partial charge is 0.506 e. The van der Waals surface area contributed by atoms with Crippen LogP contribution in [0.5, 0.6) is 5.75 Å². The standard InChI is InChI=1S/C11H11NO3/c1-2-7-3-4-8(6-12)11(15)9(7)5-10(13)14/h3-4,15H,2,5H2,1H3,(H,13,14). The van der Waals surface area contributed by atoms with E-state index in [0.29, 0.717) is 12.0 Å². The maximum atomic E-state index is 10.6. The van der Waals surface area contributed by atoms with Gasteiger partial charge in [-0.2, -0.15) is 5.26 Å². The number of aryl methyl sites for hydroxylation is 1. The Bertz CT molecular complexity index is 432. The molecule has 0 unspecified atom stereocenters. The summed E-state index contributed by atoms with van der Waals surface area (Å²) in [5, 5.41) is 27.0. The summed E-state index contributed by atoms with van der Waals surface area (Å²) in [7, 11) is 0. The number of carboxylic acids is 1. The average molecular weight is 205 g/mol. The van der Waals surface area contributed by atoms with E-state index in [9.17, 15) is 9.90 Å². The van der Waals surface area contributed by atoms with Gasteiger partial charge >= 0.3 is 5.97 Å². The van der Waals surface area contributed by atoms with Gasteiger partial charge in [-0.1, -0.05) is 13.0 Å². The molecule has 0 radical (unpaired) electrons. The summed E-state index contributed by atoms with van der Waals surface area (Å²) in [6.45, 7) is 1.87. The van der Waals surface area contributed by atoms with Crippen LogP contribution in [-0.4, -0.2) is 16.2 Å². The highest BCUT2D eigenvalue weighted by atomic mass is 16.4. The lowest BCUT2D eigenvalue weighted by molar-refractivity contribution is -0.136. The van der Waals surface area contributed by atoms with Crippen LogP contribution < -0.4 is 0 Å². The number of nitriles is 1.